The number of ether oxygens (including phenoxy) is 1. The fourth-order valence-corrected chi connectivity index (χ4v) is 2.98. The molecule has 2 rings (SSSR count). The van der Waals surface area contributed by atoms with Crippen LogP contribution in [-0.4, -0.2) is 30.6 Å². The summed E-state index contributed by atoms with van der Waals surface area (Å²) in [6, 6.07) is 6.71. The van der Waals surface area contributed by atoms with Crippen molar-refractivity contribution in [1.82, 2.24) is 14.9 Å². The zero-order valence-electron chi connectivity index (χ0n) is 13.6. The summed E-state index contributed by atoms with van der Waals surface area (Å²) in [5, 5.41) is 3.75. The van der Waals surface area contributed by atoms with E-state index in [1.54, 1.807) is 18.2 Å². The van der Waals surface area contributed by atoms with Crippen LogP contribution in [0, 0.1) is 0 Å². The van der Waals surface area contributed by atoms with Crippen LogP contribution in [0.2, 0.25) is 0 Å². The largest absolute Gasteiger partial charge is 0.454 e. The van der Waals surface area contributed by atoms with Crippen molar-refractivity contribution < 1.29 is 22.5 Å². The third kappa shape index (κ3) is 4.62. The van der Waals surface area contributed by atoms with Crippen molar-refractivity contribution in [3.05, 3.63) is 42.0 Å². The maximum atomic E-state index is 12.1. The first-order valence-electron chi connectivity index (χ1n) is 7.36. The van der Waals surface area contributed by atoms with E-state index < -0.39 is 22.0 Å². The molecule has 0 aliphatic carbocycles. The summed E-state index contributed by atoms with van der Waals surface area (Å²) in [5.41, 5.74) is 0. The number of nitrogens with zero attached hydrogens (tertiary/aromatic N) is 2. The number of hydrogen-bond donors (Lipinski definition) is 1. The standard InChI is InChI=1S/C15H19N3O5S/c1-10(2)14-16-13(23-17-14)9-22-15(19)11(3)18-24(20,21)12-7-5-4-6-8-12/h4-8,10-11,18H,9H2,1-3H3/t11-/m0/s1. The van der Waals surface area contributed by atoms with Crippen LogP contribution in [0.3, 0.4) is 0 Å². The summed E-state index contributed by atoms with van der Waals surface area (Å²) >= 11 is 0. The van der Waals surface area contributed by atoms with E-state index in [0.717, 1.165) is 0 Å². The summed E-state index contributed by atoms with van der Waals surface area (Å²) in [7, 11) is -3.80. The molecule has 130 valence electrons. The van der Waals surface area contributed by atoms with Gasteiger partial charge in [-0.1, -0.05) is 37.2 Å². The van der Waals surface area contributed by atoms with Gasteiger partial charge in [0.1, 0.15) is 6.04 Å². The fourth-order valence-electron chi connectivity index (χ4n) is 1.77. The summed E-state index contributed by atoms with van der Waals surface area (Å²) < 4.78 is 36.5. The number of hydrogen-bond acceptors (Lipinski definition) is 7. The molecule has 9 heteroatoms. The predicted octanol–water partition coefficient (Wildman–Crippen LogP) is 1.60. The second-order valence-corrected chi connectivity index (χ2v) is 7.18. The number of sulfonamides is 1. The maximum Gasteiger partial charge on any atom is 0.324 e. The normalized spacial score (nSPS) is 13.0. The Labute approximate surface area is 140 Å². The lowest BCUT2D eigenvalue weighted by Gasteiger charge is -2.13. The van der Waals surface area contributed by atoms with E-state index in [9.17, 15) is 13.2 Å². The molecule has 0 radical (unpaired) electrons. The number of nitrogens with one attached hydrogen (secondary N) is 1. The lowest BCUT2D eigenvalue weighted by atomic mass is 10.2. The highest BCUT2D eigenvalue weighted by atomic mass is 32.2. The molecule has 1 N–H and O–H groups in total. The molecule has 8 nitrogen and oxygen atoms in total. The molecule has 0 spiro atoms. The van der Waals surface area contributed by atoms with Crippen molar-refractivity contribution >= 4 is 16.0 Å². The summed E-state index contributed by atoms with van der Waals surface area (Å²) in [4.78, 5) is 16.1. The Morgan fingerprint density at radius 2 is 1.92 bits per heavy atom. The molecule has 1 atom stereocenters. The third-order valence-electron chi connectivity index (χ3n) is 3.08. The number of rotatable bonds is 7. The van der Waals surface area contributed by atoms with Gasteiger partial charge in [0, 0.05) is 5.92 Å². The number of aromatic nitrogens is 2. The number of carbonyl (C=O) groups is 1. The van der Waals surface area contributed by atoms with Crippen molar-refractivity contribution in [2.75, 3.05) is 0 Å². The van der Waals surface area contributed by atoms with Gasteiger partial charge in [-0.15, -0.1) is 0 Å². The van der Waals surface area contributed by atoms with Crippen LogP contribution < -0.4 is 4.72 Å². The Hall–Kier alpha value is -2.26. The zero-order valence-corrected chi connectivity index (χ0v) is 14.4. The molecule has 0 amide bonds. The van der Waals surface area contributed by atoms with Crippen molar-refractivity contribution in [3.63, 3.8) is 0 Å². The molecular weight excluding hydrogens is 334 g/mol. The van der Waals surface area contributed by atoms with E-state index in [0.29, 0.717) is 5.82 Å². The smallest absolute Gasteiger partial charge is 0.324 e. The lowest BCUT2D eigenvalue weighted by Crippen LogP contribution is -2.39. The molecule has 0 fully saturated rings. The van der Waals surface area contributed by atoms with E-state index >= 15 is 0 Å². The summed E-state index contributed by atoms with van der Waals surface area (Å²) in [6.07, 6.45) is 0. The zero-order chi connectivity index (χ0) is 17.7. The quantitative estimate of drug-likeness (QED) is 0.753. The van der Waals surface area contributed by atoms with Crippen LogP contribution in [0.25, 0.3) is 0 Å². The Kier molecular flexibility index (Phi) is 5.68. The van der Waals surface area contributed by atoms with Gasteiger partial charge in [0.2, 0.25) is 10.0 Å². The second-order valence-electron chi connectivity index (χ2n) is 5.46. The highest BCUT2D eigenvalue weighted by molar-refractivity contribution is 7.89. The van der Waals surface area contributed by atoms with Crippen molar-refractivity contribution in [1.29, 1.82) is 0 Å². The van der Waals surface area contributed by atoms with Gasteiger partial charge < -0.3 is 9.26 Å². The monoisotopic (exact) mass is 353 g/mol. The first-order valence-corrected chi connectivity index (χ1v) is 8.84. The first kappa shape index (κ1) is 18.1. The highest BCUT2D eigenvalue weighted by Gasteiger charge is 2.23. The van der Waals surface area contributed by atoms with Gasteiger partial charge in [-0.3, -0.25) is 4.79 Å². The van der Waals surface area contributed by atoms with Gasteiger partial charge in [-0.05, 0) is 19.1 Å². The van der Waals surface area contributed by atoms with Gasteiger partial charge in [0.15, 0.2) is 12.4 Å². The average Bonchev–Trinajstić information content (AvgIpc) is 3.02. The molecule has 24 heavy (non-hydrogen) atoms. The Morgan fingerprint density at radius 1 is 1.25 bits per heavy atom. The second kappa shape index (κ2) is 7.54. The van der Waals surface area contributed by atoms with Crippen molar-refractivity contribution in [3.8, 4) is 0 Å². The van der Waals surface area contributed by atoms with Gasteiger partial charge >= 0.3 is 5.97 Å². The van der Waals surface area contributed by atoms with E-state index in [4.69, 9.17) is 9.26 Å². The van der Waals surface area contributed by atoms with Crippen LogP contribution in [0.15, 0.2) is 39.8 Å². The van der Waals surface area contributed by atoms with Crippen LogP contribution in [0.5, 0.6) is 0 Å². The minimum Gasteiger partial charge on any atom is -0.454 e. The van der Waals surface area contributed by atoms with Crippen molar-refractivity contribution in [2.24, 2.45) is 0 Å². The molecule has 1 aromatic carbocycles. The molecular formula is C15H19N3O5S. The molecule has 0 aliphatic heterocycles. The van der Waals surface area contributed by atoms with Gasteiger partial charge in [-0.25, -0.2) is 8.42 Å². The SMILES string of the molecule is CC(C)c1noc(COC(=O)[C@H](C)NS(=O)(=O)c2ccccc2)n1. The fraction of sp³-hybridized carbons (Fsp3) is 0.400. The van der Waals surface area contributed by atoms with Crippen LogP contribution in [0.4, 0.5) is 0 Å². The van der Waals surface area contributed by atoms with Crippen LogP contribution in [0.1, 0.15) is 38.4 Å². The van der Waals surface area contributed by atoms with E-state index in [1.807, 2.05) is 13.8 Å². The molecule has 0 saturated heterocycles. The minimum atomic E-state index is -3.80. The highest BCUT2D eigenvalue weighted by Crippen LogP contribution is 2.11. The Bertz CT molecular complexity index is 786. The van der Waals surface area contributed by atoms with Gasteiger partial charge in [0.05, 0.1) is 4.90 Å². The predicted molar refractivity (Wildman–Crippen MR) is 84.4 cm³/mol. The van der Waals surface area contributed by atoms with E-state index in [2.05, 4.69) is 14.9 Å². The summed E-state index contributed by atoms with van der Waals surface area (Å²) in [5.74, 6) is 0.0256. The van der Waals surface area contributed by atoms with Crippen LogP contribution >= 0.6 is 0 Å². The van der Waals surface area contributed by atoms with Gasteiger partial charge in [0.25, 0.3) is 5.89 Å². The van der Waals surface area contributed by atoms with Crippen molar-refractivity contribution in [2.45, 2.75) is 44.2 Å². The lowest BCUT2D eigenvalue weighted by molar-refractivity contribution is -0.147. The van der Waals surface area contributed by atoms with E-state index in [-0.39, 0.29) is 23.3 Å². The first-order chi connectivity index (χ1) is 11.3. The maximum absolute atomic E-state index is 12.1. The molecule has 0 bridgehead atoms. The van der Waals surface area contributed by atoms with Gasteiger partial charge in [-0.2, -0.15) is 9.71 Å². The van der Waals surface area contributed by atoms with E-state index in [1.165, 1.54) is 19.1 Å². The molecule has 0 saturated carbocycles. The molecule has 0 unspecified atom stereocenters. The molecule has 1 aromatic heterocycles. The van der Waals surface area contributed by atoms with Crippen LogP contribution in [-0.2, 0) is 26.2 Å². The Balaban J connectivity index is 1.92. The molecule has 2 aromatic rings. The molecule has 0 aliphatic rings. The number of benzene rings is 1. The third-order valence-corrected chi connectivity index (χ3v) is 4.63. The molecule has 1 heterocycles. The summed E-state index contributed by atoms with van der Waals surface area (Å²) in [6.45, 7) is 4.99. The Morgan fingerprint density at radius 3 is 2.50 bits per heavy atom. The number of esters is 1. The topological polar surface area (TPSA) is 111 Å². The minimum absolute atomic E-state index is 0.0723. The average molecular weight is 353 g/mol. The number of carbonyl (C=O) groups excluding carboxylic acids is 1.